The van der Waals surface area contributed by atoms with Crippen molar-refractivity contribution in [2.45, 2.75) is 45.6 Å². The molecule has 0 saturated heterocycles. The summed E-state index contributed by atoms with van der Waals surface area (Å²) < 4.78 is 7.65. The van der Waals surface area contributed by atoms with E-state index in [0.29, 0.717) is 5.92 Å². The average molecular weight is 289 g/mol. The minimum Gasteiger partial charge on any atom is -0.467 e. The van der Waals surface area contributed by atoms with Crippen molar-refractivity contribution in [2.75, 3.05) is 6.54 Å². The molecule has 0 fully saturated rings. The molecule has 1 N–H and O–H groups in total. The van der Waals surface area contributed by atoms with Gasteiger partial charge in [0, 0.05) is 19.4 Å². The van der Waals surface area contributed by atoms with Gasteiger partial charge in [0.15, 0.2) is 0 Å². The predicted octanol–water partition coefficient (Wildman–Crippen LogP) is 3.91. The Morgan fingerprint density at radius 2 is 2.24 bits per heavy atom. The molecule has 2 unspecified atom stereocenters. The molecule has 21 heavy (non-hydrogen) atoms. The zero-order valence-electron chi connectivity index (χ0n) is 13.4. The van der Waals surface area contributed by atoms with E-state index < -0.39 is 0 Å². The van der Waals surface area contributed by atoms with Crippen molar-refractivity contribution < 1.29 is 4.42 Å². The van der Waals surface area contributed by atoms with Gasteiger partial charge in [-0.05, 0) is 31.0 Å². The topological polar surface area (TPSA) is 43.0 Å². The largest absolute Gasteiger partial charge is 0.467 e. The van der Waals surface area contributed by atoms with E-state index in [0.717, 1.165) is 18.1 Å². The van der Waals surface area contributed by atoms with Crippen LogP contribution in [0.5, 0.6) is 0 Å². The SMILES string of the molecule is CCCCC(CC)CNC(c1ccco1)c1nccn1C. The summed E-state index contributed by atoms with van der Waals surface area (Å²) in [5, 5.41) is 3.65. The second-order valence-corrected chi connectivity index (χ2v) is 5.67. The minimum atomic E-state index is 0.0238. The minimum absolute atomic E-state index is 0.0238. The molecular weight excluding hydrogens is 262 g/mol. The van der Waals surface area contributed by atoms with E-state index in [9.17, 15) is 0 Å². The number of aryl methyl sites for hydroxylation is 1. The number of furan rings is 1. The summed E-state index contributed by atoms with van der Waals surface area (Å²) in [5.74, 6) is 2.63. The van der Waals surface area contributed by atoms with Crippen molar-refractivity contribution in [3.8, 4) is 0 Å². The molecule has 2 rings (SSSR count). The van der Waals surface area contributed by atoms with Gasteiger partial charge >= 0.3 is 0 Å². The Bertz CT molecular complexity index is 504. The van der Waals surface area contributed by atoms with Crippen LogP contribution in [0.15, 0.2) is 35.2 Å². The van der Waals surface area contributed by atoms with Gasteiger partial charge < -0.3 is 14.3 Å². The zero-order chi connectivity index (χ0) is 15.1. The number of hydrogen-bond donors (Lipinski definition) is 1. The van der Waals surface area contributed by atoms with Crippen molar-refractivity contribution in [3.05, 3.63) is 42.4 Å². The highest BCUT2D eigenvalue weighted by Crippen LogP contribution is 2.22. The van der Waals surface area contributed by atoms with E-state index in [1.807, 2.05) is 36.1 Å². The normalized spacial score (nSPS) is 14.2. The Labute approximate surface area is 127 Å². The van der Waals surface area contributed by atoms with E-state index in [1.54, 1.807) is 6.26 Å². The molecule has 2 aromatic heterocycles. The third-order valence-electron chi connectivity index (χ3n) is 4.10. The lowest BCUT2D eigenvalue weighted by atomic mass is 9.99. The van der Waals surface area contributed by atoms with Crippen LogP contribution in [0.2, 0.25) is 0 Å². The zero-order valence-corrected chi connectivity index (χ0v) is 13.4. The van der Waals surface area contributed by atoms with Gasteiger partial charge in [-0.3, -0.25) is 0 Å². The number of hydrogen-bond acceptors (Lipinski definition) is 3. The van der Waals surface area contributed by atoms with E-state index in [2.05, 4.69) is 24.1 Å². The summed E-state index contributed by atoms with van der Waals surface area (Å²) in [6.07, 6.45) is 10.6. The number of rotatable bonds is 9. The number of nitrogens with one attached hydrogen (secondary N) is 1. The summed E-state index contributed by atoms with van der Waals surface area (Å²) in [6, 6.07) is 3.97. The average Bonchev–Trinajstić information content (AvgIpc) is 3.15. The maximum absolute atomic E-state index is 5.61. The van der Waals surface area contributed by atoms with Crippen LogP contribution in [-0.4, -0.2) is 16.1 Å². The summed E-state index contributed by atoms with van der Waals surface area (Å²) in [5.41, 5.74) is 0. The molecule has 0 aliphatic carbocycles. The third kappa shape index (κ3) is 4.21. The highest BCUT2D eigenvalue weighted by atomic mass is 16.3. The Hall–Kier alpha value is -1.55. The standard InChI is InChI=1S/C17H27N3O/c1-4-6-8-14(5-2)13-19-16(15-9-7-12-21-15)17-18-10-11-20(17)3/h7,9-12,14,16,19H,4-6,8,13H2,1-3H3. The van der Waals surface area contributed by atoms with Crippen LogP contribution in [0.4, 0.5) is 0 Å². The highest BCUT2D eigenvalue weighted by Gasteiger charge is 2.21. The van der Waals surface area contributed by atoms with Gasteiger partial charge in [0.25, 0.3) is 0 Å². The molecule has 4 heteroatoms. The van der Waals surface area contributed by atoms with E-state index in [-0.39, 0.29) is 6.04 Å². The monoisotopic (exact) mass is 289 g/mol. The first-order chi connectivity index (χ1) is 10.3. The molecule has 0 aromatic carbocycles. The van der Waals surface area contributed by atoms with Crippen LogP contribution in [0.1, 0.15) is 57.2 Å². The molecule has 0 saturated carbocycles. The second kappa shape index (κ2) is 8.03. The number of unbranched alkanes of at least 4 members (excludes halogenated alkanes) is 1. The first kappa shape index (κ1) is 15.8. The molecule has 2 heterocycles. The Kier molecular flexibility index (Phi) is 6.05. The lowest BCUT2D eigenvalue weighted by Crippen LogP contribution is -2.29. The second-order valence-electron chi connectivity index (χ2n) is 5.67. The quantitative estimate of drug-likeness (QED) is 0.761. The molecule has 0 radical (unpaired) electrons. The number of aromatic nitrogens is 2. The van der Waals surface area contributed by atoms with Crippen molar-refractivity contribution >= 4 is 0 Å². The van der Waals surface area contributed by atoms with Gasteiger partial charge in [0.2, 0.25) is 0 Å². The van der Waals surface area contributed by atoms with Crippen molar-refractivity contribution in [3.63, 3.8) is 0 Å². The third-order valence-corrected chi connectivity index (χ3v) is 4.10. The molecule has 116 valence electrons. The predicted molar refractivity (Wildman–Crippen MR) is 85.1 cm³/mol. The van der Waals surface area contributed by atoms with E-state index in [1.165, 1.54) is 25.7 Å². The highest BCUT2D eigenvalue weighted by molar-refractivity contribution is 5.15. The van der Waals surface area contributed by atoms with Crippen LogP contribution in [0, 0.1) is 5.92 Å². The fraction of sp³-hybridized carbons (Fsp3) is 0.588. The Morgan fingerprint density at radius 3 is 2.81 bits per heavy atom. The first-order valence-electron chi connectivity index (χ1n) is 8.00. The van der Waals surface area contributed by atoms with E-state index >= 15 is 0 Å². The molecule has 0 spiro atoms. The molecule has 0 aliphatic heterocycles. The van der Waals surface area contributed by atoms with Crippen molar-refractivity contribution in [1.29, 1.82) is 0 Å². The van der Waals surface area contributed by atoms with Crippen molar-refractivity contribution in [1.82, 2.24) is 14.9 Å². The van der Waals surface area contributed by atoms with Crippen LogP contribution < -0.4 is 5.32 Å². The summed E-state index contributed by atoms with van der Waals surface area (Å²) >= 11 is 0. The number of imidazole rings is 1. The number of nitrogens with zero attached hydrogens (tertiary/aromatic N) is 2. The smallest absolute Gasteiger partial charge is 0.133 e. The summed E-state index contributed by atoms with van der Waals surface area (Å²) in [4.78, 5) is 4.48. The Balaban J connectivity index is 2.05. The van der Waals surface area contributed by atoms with Crippen LogP contribution in [0.3, 0.4) is 0 Å². The van der Waals surface area contributed by atoms with Gasteiger partial charge in [-0.2, -0.15) is 0 Å². The fourth-order valence-corrected chi connectivity index (χ4v) is 2.66. The summed E-state index contributed by atoms with van der Waals surface area (Å²) in [7, 11) is 2.02. The first-order valence-corrected chi connectivity index (χ1v) is 8.00. The van der Waals surface area contributed by atoms with E-state index in [4.69, 9.17) is 4.42 Å². The maximum Gasteiger partial charge on any atom is 0.133 e. The van der Waals surface area contributed by atoms with Crippen LogP contribution >= 0.6 is 0 Å². The van der Waals surface area contributed by atoms with Gasteiger partial charge in [0.05, 0.1) is 6.26 Å². The van der Waals surface area contributed by atoms with Crippen LogP contribution in [-0.2, 0) is 7.05 Å². The molecule has 2 aromatic rings. The molecule has 0 amide bonds. The fourth-order valence-electron chi connectivity index (χ4n) is 2.66. The molecule has 0 aliphatic rings. The van der Waals surface area contributed by atoms with Gasteiger partial charge in [0.1, 0.15) is 17.6 Å². The van der Waals surface area contributed by atoms with Crippen LogP contribution in [0.25, 0.3) is 0 Å². The van der Waals surface area contributed by atoms with Crippen molar-refractivity contribution in [2.24, 2.45) is 13.0 Å². The lowest BCUT2D eigenvalue weighted by molar-refractivity contribution is 0.370. The Morgan fingerprint density at radius 1 is 1.38 bits per heavy atom. The van der Waals surface area contributed by atoms with Gasteiger partial charge in [-0.15, -0.1) is 0 Å². The summed E-state index contributed by atoms with van der Waals surface area (Å²) in [6.45, 7) is 5.51. The molecular formula is C17H27N3O. The molecule has 2 atom stereocenters. The van der Waals surface area contributed by atoms with Gasteiger partial charge in [-0.25, -0.2) is 4.98 Å². The molecule has 0 bridgehead atoms. The van der Waals surface area contributed by atoms with Gasteiger partial charge in [-0.1, -0.05) is 33.1 Å². The lowest BCUT2D eigenvalue weighted by Gasteiger charge is -2.21. The maximum atomic E-state index is 5.61. The molecule has 4 nitrogen and oxygen atoms in total.